The predicted molar refractivity (Wildman–Crippen MR) is 164 cm³/mol. The van der Waals surface area contributed by atoms with Gasteiger partial charge in [0.25, 0.3) is 35.4 Å². The van der Waals surface area contributed by atoms with Crippen molar-refractivity contribution >= 4 is 59.1 Å². The zero-order valence-electron chi connectivity index (χ0n) is 26.2. The lowest BCUT2D eigenvalue weighted by Crippen LogP contribution is -2.39. The molecule has 0 aliphatic carbocycles. The topological polar surface area (TPSA) is 237 Å². The molecule has 0 fully saturated rings. The van der Waals surface area contributed by atoms with Crippen LogP contribution in [0.1, 0.15) is 51.4 Å². The van der Waals surface area contributed by atoms with E-state index in [1.54, 1.807) is 0 Å². The Morgan fingerprint density at radius 2 is 0.750 bits per heavy atom. The lowest BCUT2D eigenvalue weighted by molar-refractivity contribution is -0.139. The lowest BCUT2D eigenvalue weighted by Gasteiger charge is -2.34. The van der Waals surface area contributed by atoms with E-state index in [4.69, 9.17) is 0 Å². The molecule has 3 heterocycles. The molecule has 3 aliphatic heterocycles. The summed E-state index contributed by atoms with van der Waals surface area (Å²) in [6.45, 7) is -0.104. The fourth-order valence-electron chi connectivity index (χ4n) is 5.38. The van der Waals surface area contributed by atoms with Gasteiger partial charge in [-0.05, 0) is 31.1 Å². The molecule has 0 unspecified atom stereocenters. The van der Waals surface area contributed by atoms with E-state index in [-0.39, 0.29) is 90.6 Å². The average molecular weight is 671 g/mol. The fraction of sp³-hybridized carbons (Fsp3) is 0.484. The van der Waals surface area contributed by atoms with E-state index in [9.17, 15) is 53.1 Å². The summed E-state index contributed by atoms with van der Waals surface area (Å²) in [6.07, 6.45) is 6.81. The minimum atomic E-state index is -1.08. The van der Waals surface area contributed by atoms with Crippen LogP contribution in [0, 0.1) is 5.41 Å². The molecule has 0 spiro atoms. The second-order valence-corrected chi connectivity index (χ2v) is 11.4. The van der Waals surface area contributed by atoms with Gasteiger partial charge in [0.15, 0.2) is 0 Å². The molecule has 0 aromatic rings. The Balaban J connectivity index is 1.58. The molecule has 0 aromatic carbocycles. The molecule has 3 rings (SSSR count). The van der Waals surface area contributed by atoms with E-state index >= 15 is 0 Å². The fourth-order valence-corrected chi connectivity index (χ4v) is 5.38. The van der Waals surface area contributed by atoms with Gasteiger partial charge in [0.1, 0.15) is 0 Å². The Morgan fingerprint density at radius 3 is 1.00 bits per heavy atom. The second-order valence-electron chi connectivity index (χ2n) is 11.4. The SMILES string of the molecule is O=C(O)CCC(CCNC(=O)CCN1C(=O)C=CC1=O)(CCNC(=O)CCN1C(=O)C=CC1=O)CCNC(=O)CCN1C(=O)C=CC1=O. The van der Waals surface area contributed by atoms with Crippen molar-refractivity contribution in [2.75, 3.05) is 39.3 Å². The molecule has 3 aliphatic rings. The summed E-state index contributed by atoms with van der Waals surface area (Å²) >= 11 is 0. The molecule has 0 saturated carbocycles. The molecule has 0 radical (unpaired) electrons. The molecule has 0 aromatic heterocycles. The van der Waals surface area contributed by atoms with Gasteiger partial charge in [0, 0.05) is 101 Å². The van der Waals surface area contributed by atoms with E-state index in [0.717, 1.165) is 51.2 Å². The average Bonchev–Trinajstić information content (AvgIpc) is 3.66. The molecule has 17 nitrogen and oxygen atoms in total. The molecular weight excluding hydrogens is 632 g/mol. The first kappa shape index (κ1) is 37.0. The maximum Gasteiger partial charge on any atom is 0.303 e. The number of carbonyl (C=O) groups is 10. The van der Waals surface area contributed by atoms with Crippen molar-refractivity contribution in [3.05, 3.63) is 36.5 Å². The number of carbonyl (C=O) groups excluding carboxylic acids is 9. The third-order valence-corrected chi connectivity index (χ3v) is 8.19. The maximum absolute atomic E-state index is 12.5. The van der Waals surface area contributed by atoms with Gasteiger partial charge < -0.3 is 21.1 Å². The highest BCUT2D eigenvalue weighted by atomic mass is 16.4. The number of aliphatic carboxylic acids is 1. The van der Waals surface area contributed by atoms with Crippen LogP contribution in [0.3, 0.4) is 0 Å². The summed E-state index contributed by atoms with van der Waals surface area (Å²) in [5.41, 5.74) is -0.813. The van der Waals surface area contributed by atoms with E-state index < -0.39 is 64.5 Å². The molecule has 17 heteroatoms. The molecule has 48 heavy (non-hydrogen) atoms. The number of carboxylic acid groups (broad SMARTS) is 1. The first-order chi connectivity index (χ1) is 22.8. The Bertz CT molecular complexity index is 1240. The molecule has 0 saturated heterocycles. The van der Waals surface area contributed by atoms with Gasteiger partial charge in [0.2, 0.25) is 17.7 Å². The summed E-state index contributed by atoms with van der Waals surface area (Å²) < 4.78 is 0. The van der Waals surface area contributed by atoms with Crippen molar-refractivity contribution in [1.29, 1.82) is 0 Å². The number of nitrogens with one attached hydrogen (secondary N) is 3. The number of imide groups is 3. The van der Waals surface area contributed by atoms with Crippen LogP contribution in [-0.4, -0.2) is 118 Å². The van der Waals surface area contributed by atoms with Gasteiger partial charge in [-0.3, -0.25) is 62.6 Å². The highest BCUT2D eigenvalue weighted by molar-refractivity contribution is 6.14. The monoisotopic (exact) mass is 670 g/mol. The number of hydrogen-bond acceptors (Lipinski definition) is 10. The van der Waals surface area contributed by atoms with E-state index in [2.05, 4.69) is 16.0 Å². The Hall–Kier alpha value is -5.48. The third-order valence-electron chi connectivity index (χ3n) is 8.19. The quantitative estimate of drug-likeness (QED) is 0.100. The van der Waals surface area contributed by atoms with Crippen LogP contribution < -0.4 is 16.0 Å². The van der Waals surface area contributed by atoms with E-state index in [1.165, 1.54) is 0 Å². The summed E-state index contributed by atoms with van der Waals surface area (Å²) in [4.78, 5) is 122. The standard InChI is InChI=1S/C31H38N6O11/c38-21(8-18-35-24(41)1-2-25(35)42)32-15-12-31(11-7-30(47)48,13-16-33-22(39)9-19-36-26(43)3-4-27(36)44)14-17-34-23(40)10-20-37-28(45)5-6-29(37)46/h1-6H,7-20H2,(H,32,38)(H,33,39)(H,34,40)(H,47,48). The van der Waals surface area contributed by atoms with E-state index in [1.807, 2.05) is 0 Å². The van der Waals surface area contributed by atoms with Crippen LogP contribution in [0.5, 0.6) is 0 Å². The summed E-state index contributed by atoms with van der Waals surface area (Å²) in [5, 5.41) is 17.6. The van der Waals surface area contributed by atoms with Gasteiger partial charge in [-0.15, -0.1) is 0 Å². The van der Waals surface area contributed by atoms with Crippen molar-refractivity contribution in [3.8, 4) is 0 Å². The van der Waals surface area contributed by atoms with Crippen LogP contribution in [-0.2, 0) is 47.9 Å². The normalized spacial score (nSPS) is 15.7. The molecule has 4 N–H and O–H groups in total. The van der Waals surface area contributed by atoms with Gasteiger partial charge in [0.05, 0.1) is 0 Å². The number of hydrogen-bond donors (Lipinski definition) is 4. The van der Waals surface area contributed by atoms with Gasteiger partial charge >= 0.3 is 5.97 Å². The minimum Gasteiger partial charge on any atom is -0.481 e. The molecule has 9 amide bonds. The number of carboxylic acids is 1. The minimum absolute atomic E-state index is 0.0822. The van der Waals surface area contributed by atoms with Gasteiger partial charge in [-0.2, -0.15) is 0 Å². The zero-order chi connectivity index (χ0) is 35.3. The second kappa shape index (κ2) is 17.4. The molecule has 0 bridgehead atoms. The maximum atomic E-state index is 12.5. The zero-order valence-corrected chi connectivity index (χ0v) is 26.2. The van der Waals surface area contributed by atoms with Crippen molar-refractivity contribution in [3.63, 3.8) is 0 Å². The number of nitrogens with zero attached hydrogens (tertiary/aromatic N) is 3. The van der Waals surface area contributed by atoms with Crippen molar-refractivity contribution in [2.24, 2.45) is 5.41 Å². The number of rotatable bonds is 21. The van der Waals surface area contributed by atoms with Crippen molar-refractivity contribution < 1.29 is 53.1 Å². The number of amides is 9. The van der Waals surface area contributed by atoms with Crippen molar-refractivity contribution in [1.82, 2.24) is 30.7 Å². The smallest absolute Gasteiger partial charge is 0.303 e. The van der Waals surface area contributed by atoms with Crippen LogP contribution in [0.15, 0.2) is 36.5 Å². The highest BCUT2D eigenvalue weighted by Gasteiger charge is 2.32. The van der Waals surface area contributed by atoms with Crippen LogP contribution in [0.4, 0.5) is 0 Å². The highest BCUT2D eigenvalue weighted by Crippen LogP contribution is 2.35. The summed E-state index contributed by atoms with van der Waals surface area (Å²) in [5.74, 6) is -5.53. The Morgan fingerprint density at radius 1 is 0.479 bits per heavy atom. The van der Waals surface area contributed by atoms with Gasteiger partial charge in [-0.1, -0.05) is 0 Å². The largest absolute Gasteiger partial charge is 0.481 e. The Labute approximate surface area is 275 Å². The van der Waals surface area contributed by atoms with Crippen molar-refractivity contribution in [2.45, 2.75) is 51.4 Å². The third kappa shape index (κ3) is 11.1. The lowest BCUT2D eigenvalue weighted by atomic mass is 9.74. The van der Waals surface area contributed by atoms with Crippen LogP contribution in [0.2, 0.25) is 0 Å². The first-order valence-electron chi connectivity index (χ1n) is 15.4. The van der Waals surface area contributed by atoms with E-state index in [0.29, 0.717) is 0 Å². The predicted octanol–water partition coefficient (Wildman–Crippen LogP) is -1.70. The molecule has 0 atom stereocenters. The molecular formula is C31H38N6O11. The van der Waals surface area contributed by atoms with Gasteiger partial charge in [-0.25, -0.2) is 0 Å². The summed E-state index contributed by atoms with van der Waals surface area (Å²) in [6, 6.07) is 0. The molecule has 258 valence electrons. The Kier molecular flexibility index (Phi) is 13.4. The van der Waals surface area contributed by atoms with Crippen LogP contribution in [0.25, 0.3) is 0 Å². The summed E-state index contributed by atoms with van der Waals surface area (Å²) in [7, 11) is 0. The first-order valence-corrected chi connectivity index (χ1v) is 15.4. The van der Waals surface area contributed by atoms with Crippen LogP contribution >= 0.6 is 0 Å².